The lowest BCUT2D eigenvalue weighted by atomic mass is 10.2. The Labute approximate surface area is 208 Å². The molecule has 0 aliphatic heterocycles. The molecular weight excluding hydrogens is 458 g/mol. The van der Waals surface area contributed by atoms with Crippen molar-refractivity contribution < 1.29 is 8.78 Å². The zero-order chi connectivity index (χ0) is 25.3. The Bertz CT molecular complexity index is 1260. The molecule has 4 rings (SSSR count). The Morgan fingerprint density at radius 1 is 0.528 bits per heavy atom. The van der Waals surface area contributed by atoms with E-state index in [1.54, 1.807) is 26.0 Å². The van der Waals surface area contributed by atoms with Crippen molar-refractivity contribution in [3.05, 3.63) is 108 Å². The van der Waals surface area contributed by atoms with Gasteiger partial charge in [0.25, 0.3) is 0 Å². The van der Waals surface area contributed by atoms with Gasteiger partial charge in [-0.05, 0) is 110 Å². The van der Waals surface area contributed by atoms with E-state index < -0.39 is 0 Å². The minimum absolute atomic E-state index is 0.284. The van der Waals surface area contributed by atoms with Crippen molar-refractivity contribution in [2.45, 2.75) is 13.8 Å². The summed E-state index contributed by atoms with van der Waals surface area (Å²) in [4.78, 5) is 0. The quantitative estimate of drug-likeness (QED) is 0.184. The van der Waals surface area contributed by atoms with Crippen LogP contribution in [0.2, 0.25) is 0 Å². The van der Waals surface area contributed by atoms with Gasteiger partial charge in [0.1, 0.15) is 11.6 Å². The lowest BCUT2D eigenvalue weighted by Crippen LogP contribution is -2.13. The van der Waals surface area contributed by atoms with E-state index in [2.05, 4.69) is 31.1 Å². The number of azo groups is 2. The SMILES string of the molecule is Cc1cc(F)ccc1/N=N/c1ccc(NCCNc2ccc(/N=N/c3ccc(F)cc3C)cc2)cc1. The van der Waals surface area contributed by atoms with Gasteiger partial charge in [-0.1, -0.05) is 0 Å². The standard InChI is InChI=1S/C28H26F2N6/c1-19-17-21(29)3-13-27(19)35-33-25-9-5-23(6-10-25)31-15-16-32-24-7-11-26(12-8-24)34-36-28-14-4-22(30)18-20(28)2/h3-14,17-18,31-32H,15-16H2,1-2H3/b35-33+,36-34+. The van der Waals surface area contributed by atoms with Crippen LogP contribution in [0.15, 0.2) is 105 Å². The minimum atomic E-state index is -0.284. The molecule has 0 radical (unpaired) electrons. The van der Waals surface area contributed by atoms with Crippen LogP contribution < -0.4 is 10.6 Å². The first kappa shape index (κ1) is 24.7. The topological polar surface area (TPSA) is 73.5 Å². The van der Waals surface area contributed by atoms with Crippen LogP contribution in [-0.4, -0.2) is 13.1 Å². The van der Waals surface area contributed by atoms with E-state index >= 15 is 0 Å². The second kappa shape index (κ2) is 11.8. The maximum Gasteiger partial charge on any atom is 0.123 e. The van der Waals surface area contributed by atoms with Crippen molar-refractivity contribution in [3.63, 3.8) is 0 Å². The van der Waals surface area contributed by atoms with Crippen molar-refractivity contribution in [2.24, 2.45) is 20.5 Å². The summed E-state index contributed by atoms with van der Waals surface area (Å²) in [5.74, 6) is -0.568. The lowest BCUT2D eigenvalue weighted by Gasteiger charge is -2.09. The second-order valence-corrected chi connectivity index (χ2v) is 8.21. The van der Waals surface area contributed by atoms with Gasteiger partial charge in [0.15, 0.2) is 0 Å². The Balaban J connectivity index is 1.22. The minimum Gasteiger partial charge on any atom is -0.383 e. The first-order chi connectivity index (χ1) is 17.5. The molecule has 4 aromatic carbocycles. The van der Waals surface area contributed by atoms with E-state index in [0.29, 0.717) is 22.7 Å². The largest absolute Gasteiger partial charge is 0.383 e. The Hall–Kier alpha value is -4.46. The zero-order valence-electron chi connectivity index (χ0n) is 20.0. The molecular formula is C28H26F2N6. The summed E-state index contributed by atoms with van der Waals surface area (Å²) in [6.45, 7) is 5.05. The highest BCUT2D eigenvalue weighted by Crippen LogP contribution is 2.25. The highest BCUT2D eigenvalue weighted by atomic mass is 19.1. The van der Waals surface area contributed by atoms with Crippen molar-refractivity contribution >= 4 is 34.1 Å². The van der Waals surface area contributed by atoms with Crippen molar-refractivity contribution in [1.82, 2.24) is 0 Å². The molecule has 0 saturated heterocycles. The average molecular weight is 485 g/mol. The van der Waals surface area contributed by atoms with Gasteiger partial charge < -0.3 is 10.6 Å². The van der Waals surface area contributed by atoms with Crippen molar-refractivity contribution in [3.8, 4) is 0 Å². The van der Waals surface area contributed by atoms with Crippen LogP contribution in [0.4, 0.5) is 42.9 Å². The van der Waals surface area contributed by atoms with Crippen LogP contribution in [0, 0.1) is 25.5 Å². The molecule has 0 fully saturated rings. The van der Waals surface area contributed by atoms with Gasteiger partial charge in [0, 0.05) is 24.5 Å². The van der Waals surface area contributed by atoms with Crippen LogP contribution in [0.1, 0.15) is 11.1 Å². The molecule has 0 atom stereocenters. The molecule has 2 N–H and O–H groups in total. The Morgan fingerprint density at radius 2 is 0.917 bits per heavy atom. The summed E-state index contributed by atoms with van der Waals surface area (Å²) in [5, 5.41) is 23.5. The molecule has 8 heteroatoms. The fourth-order valence-electron chi connectivity index (χ4n) is 3.39. The van der Waals surface area contributed by atoms with Crippen LogP contribution in [-0.2, 0) is 0 Å². The number of hydrogen-bond acceptors (Lipinski definition) is 6. The van der Waals surface area contributed by atoms with Gasteiger partial charge >= 0.3 is 0 Å². The smallest absolute Gasteiger partial charge is 0.123 e. The summed E-state index contributed by atoms with van der Waals surface area (Å²) in [7, 11) is 0. The molecule has 0 aromatic heterocycles. The molecule has 0 spiro atoms. The van der Waals surface area contributed by atoms with Crippen molar-refractivity contribution in [1.29, 1.82) is 0 Å². The Kier molecular flexibility index (Phi) is 8.08. The van der Waals surface area contributed by atoms with Crippen molar-refractivity contribution in [2.75, 3.05) is 23.7 Å². The van der Waals surface area contributed by atoms with Gasteiger partial charge in [-0.3, -0.25) is 0 Å². The molecule has 6 nitrogen and oxygen atoms in total. The lowest BCUT2D eigenvalue weighted by molar-refractivity contribution is 0.626. The highest BCUT2D eigenvalue weighted by Gasteiger charge is 2.00. The van der Waals surface area contributed by atoms with Gasteiger partial charge in [0.05, 0.1) is 22.7 Å². The van der Waals surface area contributed by atoms with E-state index in [-0.39, 0.29) is 11.6 Å². The number of hydrogen-bond donors (Lipinski definition) is 2. The zero-order valence-corrected chi connectivity index (χ0v) is 20.0. The molecule has 0 aliphatic rings. The number of nitrogens with one attached hydrogen (secondary N) is 2. The predicted molar refractivity (Wildman–Crippen MR) is 140 cm³/mol. The molecule has 0 amide bonds. The molecule has 36 heavy (non-hydrogen) atoms. The number of anilines is 2. The summed E-state index contributed by atoms with van der Waals surface area (Å²) in [6, 6.07) is 24.1. The molecule has 0 bridgehead atoms. The maximum atomic E-state index is 13.2. The number of aryl methyl sites for hydroxylation is 2. The third kappa shape index (κ3) is 7.02. The number of benzene rings is 4. The third-order valence-corrected chi connectivity index (χ3v) is 5.38. The first-order valence-corrected chi connectivity index (χ1v) is 11.5. The van der Waals surface area contributed by atoms with E-state index in [1.165, 1.54) is 24.3 Å². The predicted octanol–water partition coefficient (Wildman–Crippen LogP) is 8.94. The number of halogens is 2. The molecule has 0 unspecified atom stereocenters. The van der Waals surface area contributed by atoms with Gasteiger partial charge in [-0.15, -0.1) is 0 Å². The summed E-state index contributed by atoms with van der Waals surface area (Å²) in [6.07, 6.45) is 0. The number of rotatable bonds is 9. The summed E-state index contributed by atoms with van der Waals surface area (Å²) < 4.78 is 26.4. The van der Waals surface area contributed by atoms with E-state index in [4.69, 9.17) is 0 Å². The van der Waals surface area contributed by atoms with Gasteiger partial charge in [-0.2, -0.15) is 20.5 Å². The molecule has 0 heterocycles. The van der Waals surface area contributed by atoms with E-state index in [9.17, 15) is 8.78 Å². The van der Waals surface area contributed by atoms with Crippen LogP contribution >= 0.6 is 0 Å². The first-order valence-electron chi connectivity index (χ1n) is 11.5. The van der Waals surface area contributed by atoms with Crippen LogP contribution in [0.3, 0.4) is 0 Å². The van der Waals surface area contributed by atoms with Gasteiger partial charge in [0.2, 0.25) is 0 Å². The highest BCUT2D eigenvalue weighted by molar-refractivity contribution is 5.53. The van der Waals surface area contributed by atoms with E-state index in [0.717, 1.165) is 35.6 Å². The fourth-order valence-corrected chi connectivity index (χ4v) is 3.39. The summed E-state index contributed by atoms with van der Waals surface area (Å²) >= 11 is 0. The summed E-state index contributed by atoms with van der Waals surface area (Å²) in [5.41, 5.74) is 6.14. The van der Waals surface area contributed by atoms with E-state index in [1.807, 2.05) is 48.5 Å². The molecule has 0 saturated carbocycles. The second-order valence-electron chi connectivity index (χ2n) is 8.21. The number of nitrogens with zero attached hydrogens (tertiary/aromatic N) is 4. The van der Waals surface area contributed by atoms with Gasteiger partial charge in [-0.25, -0.2) is 8.78 Å². The monoisotopic (exact) mass is 484 g/mol. The molecule has 4 aromatic rings. The normalized spacial score (nSPS) is 11.3. The average Bonchev–Trinajstić information content (AvgIpc) is 2.87. The Morgan fingerprint density at radius 3 is 1.28 bits per heavy atom. The molecule has 182 valence electrons. The van der Waals surface area contributed by atoms with Crippen LogP contribution in [0.5, 0.6) is 0 Å². The third-order valence-electron chi connectivity index (χ3n) is 5.38. The maximum absolute atomic E-state index is 13.2. The fraction of sp³-hybridized carbons (Fsp3) is 0.143. The van der Waals surface area contributed by atoms with Crippen LogP contribution in [0.25, 0.3) is 0 Å². The molecule has 0 aliphatic carbocycles.